The van der Waals surface area contributed by atoms with Crippen LogP contribution in [0.15, 0.2) is 36.7 Å². The molecule has 2 aromatic rings. The highest BCUT2D eigenvalue weighted by atomic mass is 19.4. The lowest BCUT2D eigenvalue weighted by molar-refractivity contribution is -0.284. The molecule has 36 heavy (non-hydrogen) atoms. The molecule has 0 bridgehead atoms. The number of halogens is 6. The van der Waals surface area contributed by atoms with E-state index in [1.165, 1.54) is 12.4 Å². The second-order valence-electron chi connectivity index (χ2n) is 8.74. The van der Waals surface area contributed by atoms with Gasteiger partial charge < -0.3 is 9.47 Å². The first kappa shape index (κ1) is 29.7. The van der Waals surface area contributed by atoms with Crippen LogP contribution >= 0.6 is 0 Å². The van der Waals surface area contributed by atoms with Crippen LogP contribution in [-0.2, 0) is 0 Å². The van der Waals surface area contributed by atoms with Crippen LogP contribution in [0.5, 0.6) is 11.5 Å². The molecule has 0 amide bonds. The molecule has 1 aromatic carbocycles. The second-order valence-corrected chi connectivity index (χ2v) is 8.74. The van der Waals surface area contributed by atoms with Crippen LogP contribution in [0.2, 0.25) is 0 Å². The first-order chi connectivity index (χ1) is 17.1. The fourth-order valence-corrected chi connectivity index (χ4v) is 3.44. The lowest BCUT2D eigenvalue weighted by Gasteiger charge is -2.19. The molecule has 0 aliphatic heterocycles. The third kappa shape index (κ3) is 10.6. The quantitative estimate of drug-likeness (QED) is 0.155. The van der Waals surface area contributed by atoms with Gasteiger partial charge in [-0.05, 0) is 43.5 Å². The zero-order chi connectivity index (χ0) is 26.4. The van der Waals surface area contributed by atoms with Crippen molar-refractivity contribution in [1.29, 1.82) is 0 Å². The van der Waals surface area contributed by atoms with Gasteiger partial charge >= 0.3 is 12.1 Å². The van der Waals surface area contributed by atoms with E-state index in [2.05, 4.69) is 16.9 Å². The Hall–Kier alpha value is -2.52. The van der Waals surface area contributed by atoms with E-state index in [0.717, 1.165) is 31.2 Å². The minimum absolute atomic E-state index is 0.0219. The Labute approximate surface area is 208 Å². The molecule has 0 aliphatic carbocycles. The molecular formula is C26H34F6N2O2. The molecule has 1 aromatic heterocycles. The summed E-state index contributed by atoms with van der Waals surface area (Å²) in [5.74, 6) is -3.17. The molecule has 202 valence electrons. The number of nitrogens with zero attached hydrogens (tertiary/aromatic N) is 2. The van der Waals surface area contributed by atoms with Gasteiger partial charge in [-0.15, -0.1) is 0 Å². The minimum Gasteiger partial charge on any atom is -0.491 e. The standard InChI is InChI=1S/C26H34F6N2O2/c1-2-3-4-7-10-21(27)19-36-22-13-11-20(12-14-22)24-33-17-23(18-34-24)35-16-9-6-5-8-15-25(28,29)26(30,31)32/h11-14,17-18,21H,2-10,15-16,19H2,1H3/t21-/m0/s1. The maximum Gasteiger partial charge on any atom is 0.453 e. The van der Waals surface area contributed by atoms with Gasteiger partial charge in [-0.1, -0.05) is 45.4 Å². The maximum atomic E-state index is 13.9. The molecule has 0 unspecified atom stereocenters. The smallest absolute Gasteiger partial charge is 0.453 e. The van der Waals surface area contributed by atoms with Crippen molar-refractivity contribution >= 4 is 0 Å². The number of aromatic nitrogens is 2. The van der Waals surface area contributed by atoms with E-state index in [0.29, 0.717) is 36.6 Å². The number of alkyl halides is 6. The lowest BCUT2D eigenvalue weighted by atomic mass is 10.1. The molecule has 4 nitrogen and oxygen atoms in total. The predicted octanol–water partition coefficient (Wildman–Crippen LogP) is 8.36. The summed E-state index contributed by atoms with van der Waals surface area (Å²) in [6.07, 6.45) is 0.996. The normalized spacial score (nSPS) is 13.0. The van der Waals surface area contributed by atoms with Gasteiger partial charge in [0.05, 0.1) is 19.0 Å². The average Bonchev–Trinajstić information content (AvgIpc) is 2.85. The van der Waals surface area contributed by atoms with Gasteiger partial charge in [0, 0.05) is 12.0 Å². The Morgan fingerprint density at radius 2 is 1.42 bits per heavy atom. The summed E-state index contributed by atoms with van der Waals surface area (Å²) >= 11 is 0. The number of benzene rings is 1. The van der Waals surface area contributed by atoms with Crippen LogP contribution in [0.1, 0.15) is 71.1 Å². The van der Waals surface area contributed by atoms with Gasteiger partial charge in [-0.3, -0.25) is 0 Å². The topological polar surface area (TPSA) is 44.2 Å². The van der Waals surface area contributed by atoms with E-state index in [4.69, 9.17) is 9.47 Å². The summed E-state index contributed by atoms with van der Waals surface area (Å²) in [6, 6.07) is 7.03. The third-order valence-corrected chi connectivity index (χ3v) is 5.61. The highest BCUT2D eigenvalue weighted by molar-refractivity contribution is 5.56. The van der Waals surface area contributed by atoms with Gasteiger partial charge in [0.2, 0.25) is 0 Å². The average molecular weight is 521 g/mol. The van der Waals surface area contributed by atoms with Crippen molar-refractivity contribution in [1.82, 2.24) is 9.97 Å². The van der Waals surface area contributed by atoms with E-state index in [1.54, 1.807) is 24.3 Å². The molecule has 0 spiro atoms. The Bertz CT molecular complexity index is 860. The third-order valence-electron chi connectivity index (χ3n) is 5.61. The first-order valence-corrected chi connectivity index (χ1v) is 12.4. The van der Waals surface area contributed by atoms with Crippen molar-refractivity contribution in [2.24, 2.45) is 0 Å². The van der Waals surface area contributed by atoms with Crippen molar-refractivity contribution < 1.29 is 35.8 Å². The summed E-state index contributed by atoms with van der Waals surface area (Å²) in [7, 11) is 0. The van der Waals surface area contributed by atoms with E-state index in [1.807, 2.05) is 0 Å². The number of hydrogen-bond acceptors (Lipinski definition) is 4. The number of rotatable bonds is 17. The molecule has 0 radical (unpaired) electrons. The molecule has 1 atom stereocenters. The number of unbranched alkanes of at least 4 members (excludes halogenated alkanes) is 6. The molecule has 0 aliphatic rings. The second kappa shape index (κ2) is 14.9. The lowest BCUT2D eigenvalue weighted by Crippen LogP contribution is -2.36. The first-order valence-electron chi connectivity index (χ1n) is 12.4. The number of hydrogen-bond donors (Lipinski definition) is 0. The fraction of sp³-hybridized carbons (Fsp3) is 0.615. The maximum absolute atomic E-state index is 13.9. The minimum atomic E-state index is -5.50. The zero-order valence-corrected chi connectivity index (χ0v) is 20.5. The summed E-state index contributed by atoms with van der Waals surface area (Å²) in [6.45, 7) is 2.41. The summed E-state index contributed by atoms with van der Waals surface area (Å²) in [5, 5.41) is 0. The molecule has 0 N–H and O–H groups in total. The van der Waals surface area contributed by atoms with Crippen molar-refractivity contribution in [2.45, 2.75) is 89.4 Å². The predicted molar refractivity (Wildman–Crippen MR) is 126 cm³/mol. The van der Waals surface area contributed by atoms with Crippen LogP contribution in [0.3, 0.4) is 0 Å². The Balaban J connectivity index is 1.66. The molecule has 0 fully saturated rings. The van der Waals surface area contributed by atoms with E-state index in [-0.39, 0.29) is 26.1 Å². The highest BCUT2D eigenvalue weighted by Crippen LogP contribution is 2.39. The van der Waals surface area contributed by atoms with Gasteiger partial charge in [0.15, 0.2) is 11.6 Å². The Kier molecular flexibility index (Phi) is 12.3. The Morgan fingerprint density at radius 1 is 0.778 bits per heavy atom. The summed E-state index contributed by atoms with van der Waals surface area (Å²) < 4.78 is 87.0. The monoisotopic (exact) mass is 520 g/mol. The summed E-state index contributed by atoms with van der Waals surface area (Å²) in [4.78, 5) is 8.51. The molecule has 2 rings (SSSR count). The highest BCUT2D eigenvalue weighted by Gasteiger charge is 2.56. The summed E-state index contributed by atoms with van der Waals surface area (Å²) in [5.41, 5.74) is 0.751. The van der Waals surface area contributed by atoms with Crippen LogP contribution in [0.25, 0.3) is 11.4 Å². The van der Waals surface area contributed by atoms with Gasteiger partial charge in [0.1, 0.15) is 18.5 Å². The van der Waals surface area contributed by atoms with Gasteiger partial charge in [-0.25, -0.2) is 14.4 Å². The molecule has 1 heterocycles. The van der Waals surface area contributed by atoms with Crippen LogP contribution in [-0.4, -0.2) is 41.5 Å². The Morgan fingerprint density at radius 3 is 2.06 bits per heavy atom. The van der Waals surface area contributed by atoms with Gasteiger partial charge in [-0.2, -0.15) is 22.0 Å². The molecule has 0 saturated carbocycles. The largest absolute Gasteiger partial charge is 0.491 e. The number of ether oxygens (including phenoxy) is 2. The van der Waals surface area contributed by atoms with Crippen LogP contribution in [0.4, 0.5) is 26.3 Å². The SMILES string of the molecule is CCCCCC[C@H](F)COc1ccc(-c2ncc(OCCCCCCC(F)(F)C(F)(F)F)cn2)cc1. The van der Waals surface area contributed by atoms with Crippen LogP contribution in [0, 0.1) is 0 Å². The van der Waals surface area contributed by atoms with E-state index in [9.17, 15) is 26.3 Å². The molecular weight excluding hydrogens is 486 g/mol. The zero-order valence-electron chi connectivity index (χ0n) is 20.5. The molecule has 0 saturated heterocycles. The van der Waals surface area contributed by atoms with E-state index < -0.39 is 24.7 Å². The van der Waals surface area contributed by atoms with Crippen molar-refractivity contribution in [3.8, 4) is 22.9 Å². The van der Waals surface area contributed by atoms with Gasteiger partial charge in [0.25, 0.3) is 0 Å². The fourth-order valence-electron chi connectivity index (χ4n) is 3.44. The van der Waals surface area contributed by atoms with Crippen LogP contribution < -0.4 is 9.47 Å². The van der Waals surface area contributed by atoms with Crippen molar-refractivity contribution in [3.05, 3.63) is 36.7 Å². The van der Waals surface area contributed by atoms with Crippen molar-refractivity contribution in [3.63, 3.8) is 0 Å². The van der Waals surface area contributed by atoms with Crippen molar-refractivity contribution in [2.75, 3.05) is 13.2 Å². The molecule has 10 heteroatoms. The van der Waals surface area contributed by atoms with E-state index >= 15 is 0 Å².